The molecule has 0 unspecified atom stereocenters. The van der Waals surface area contributed by atoms with Crippen molar-refractivity contribution in [3.05, 3.63) is 24.3 Å². The van der Waals surface area contributed by atoms with Crippen molar-refractivity contribution in [2.75, 3.05) is 12.9 Å². The molecule has 3 atom stereocenters. The SMILES string of the molecule is COc1ccc(-n2nnnc2SC[C@@]2(C)[C@H](C(=O)[O-])N3C(=O)C[C@@H]3S2(=O)=O)cc1.[Na+]. The van der Waals surface area contributed by atoms with Crippen LogP contribution in [-0.2, 0) is 19.4 Å². The van der Waals surface area contributed by atoms with Gasteiger partial charge in [0, 0.05) is 5.75 Å². The molecule has 0 aliphatic carbocycles. The molecule has 11 nitrogen and oxygen atoms in total. The van der Waals surface area contributed by atoms with Crippen molar-refractivity contribution in [1.29, 1.82) is 0 Å². The number of tetrazole rings is 1. The number of aliphatic carboxylic acids is 1. The zero-order valence-corrected chi connectivity index (χ0v) is 20.0. The Morgan fingerprint density at radius 1 is 1.37 bits per heavy atom. The van der Waals surface area contributed by atoms with Gasteiger partial charge in [-0.1, -0.05) is 11.8 Å². The molecule has 0 spiro atoms. The molecule has 2 aliphatic rings. The second-order valence-corrected chi connectivity index (χ2v) is 10.4. The van der Waals surface area contributed by atoms with Crippen LogP contribution in [0.3, 0.4) is 0 Å². The summed E-state index contributed by atoms with van der Waals surface area (Å²) >= 11 is 0.998. The van der Waals surface area contributed by atoms with Gasteiger partial charge in [-0.25, -0.2) is 8.42 Å². The van der Waals surface area contributed by atoms with Crippen molar-refractivity contribution in [3.8, 4) is 11.4 Å². The van der Waals surface area contributed by atoms with Crippen molar-refractivity contribution in [3.63, 3.8) is 0 Å². The van der Waals surface area contributed by atoms with Crippen LogP contribution >= 0.6 is 11.8 Å². The predicted molar refractivity (Wildman–Crippen MR) is 97.8 cm³/mol. The molecule has 3 heterocycles. The zero-order chi connectivity index (χ0) is 21.0. The molecule has 2 fully saturated rings. The molecule has 0 radical (unpaired) electrons. The van der Waals surface area contributed by atoms with E-state index < -0.39 is 37.9 Å². The quantitative estimate of drug-likeness (QED) is 0.235. The number of amides is 1. The van der Waals surface area contributed by atoms with Gasteiger partial charge in [-0.3, -0.25) is 4.79 Å². The topological polar surface area (TPSA) is 147 Å². The number of thioether (sulfide) groups is 1. The van der Waals surface area contributed by atoms with E-state index in [1.54, 1.807) is 24.3 Å². The molecule has 1 amide bonds. The van der Waals surface area contributed by atoms with Crippen molar-refractivity contribution in [1.82, 2.24) is 25.1 Å². The van der Waals surface area contributed by atoms with Gasteiger partial charge in [0.15, 0.2) is 9.84 Å². The number of fused-ring (bicyclic) bond motifs is 1. The Kier molecular flexibility index (Phi) is 6.22. The summed E-state index contributed by atoms with van der Waals surface area (Å²) in [5, 5.41) is 22.3. The van der Waals surface area contributed by atoms with Gasteiger partial charge in [0.1, 0.15) is 15.9 Å². The van der Waals surface area contributed by atoms with Gasteiger partial charge in [-0.2, -0.15) is 4.68 Å². The van der Waals surface area contributed by atoms with Crippen molar-refractivity contribution >= 4 is 33.5 Å². The van der Waals surface area contributed by atoms with Gasteiger partial charge < -0.3 is 19.5 Å². The molecule has 2 aliphatic heterocycles. The van der Waals surface area contributed by atoms with E-state index in [0.717, 1.165) is 16.7 Å². The number of methoxy groups -OCH3 is 1. The molecule has 4 rings (SSSR count). The first-order valence-corrected chi connectivity index (χ1v) is 11.0. The maximum atomic E-state index is 13.0. The number of carboxylic acid groups (broad SMARTS) is 1. The molecular weight excluding hydrogens is 445 g/mol. The maximum Gasteiger partial charge on any atom is 1.00 e. The van der Waals surface area contributed by atoms with E-state index in [-0.39, 0.29) is 46.9 Å². The first-order valence-electron chi connectivity index (χ1n) is 8.52. The number of sulfone groups is 1. The Hall–Kier alpha value is -1.67. The van der Waals surface area contributed by atoms with Crippen LogP contribution in [0.4, 0.5) is 0 Å². The van der Waals surface area contributed by atoms with Gasteiger partial charge in [0.05, 0.1) is 31.2 Å². The van der Waals surface area contributed by atoms with E-state index in [0.29, 0.717) is 11.4 Å². The van der Waals surface area contributed by atoms with Gasteiger partial charge in [-0.15, -0.1) is 5.10 Å². The van der Waals surface area contributed by atoms with E-state index in [9.17, 15) is 23.1 Å². The van der Waals surface area contributed by atoms with Crippen LogP contribution in [0.2, 0.25) is 0 Å². The molecule has 0 N–H and O–H groups in total. The third-order valence-corrected chi connectivity index (χ3v) is 9.50. The van der Waals surface area contributed by atoms with Crippen LogP contribution in [0, 0.1) is 0 Å². The number of hydrogen-bond acceptors (Lipinski definition) is 10. The van der Waals surface area contributed by atoms with Gasteiger partial charge >= 0.3 is 29.6 Å². The molecule has 2 aromatic rings. The number of nitrogens with zero attached hydrogens (tertiary/aromatic N) is 5. The van der Waals surface area contributed by atoms with E-state index in [2.05, 4.69) is 15.5 Å². The van der Waals surface area contributed by atoms with Gasteiger partial charge in [0.2, 0.25) is 11.1 Å². The van der Waals surface area contributed by atoms with Crippen molar-refractivity contribution in [2.24, 2.45) is 0 Å². The van der Waals surface area contributed by atoms with Crippen LogP contribution in [0.1, 0.15) is 13.3 Å². The molecule has 0 saturated carbocycles. The smallest absolute Gasteiger partial charge is 0.548 e. The van der Waals surface area contributed by atoms with Crippen LogP contribution in [0.15, 0.2) is 29.4 Å². The number of carbonyl (C=O) groups excluding carboxylic acids is 2. The summed E-state index contributed by atoms with van der Waals surface area (Å²) in [6.45, 7) is 1.32. The summed E-state index contributed by atoms with van der Waals surface area (Å²) in [6.07, 6.45) is -0.212. The Morgan fingerprint density at radius 2 is 2.03 bits per heavy atom. The minimum atomic E-state index is -3.93. The summed E-state index contributed by atoms with van der Waals surface area (Å²) in [4.78, 5) is 24.5. The van der Waals surface area contributed by atoms with E-state index in [1.165, 1.54) is 18.7 Å². The van der Waals surface area contributed by atoms with Crippen molar-refractivity contribution < 1.29 is 57.4 Å². The van der Waals surface area contributed by atoms with Crippen LogP contribution in [-0.4, -0.2) is 74.4 Å². The summed E-state index contributed by atoms with van der Waals surface area (Å²) < 4.78 is 30.7. The molecule has 14 heteroatoms. The first-order chi connectivity index (χ1) is 13.7. The molecular formula is C16H16N5NaO6S2. The Bertz CT molecular complexity index is 1090. The van der Waals surface area contributed by atoms with E-state index in [4.69, 9.17) is 4.74 Å². The number of benzene rings is 1. The minimum Gasteiger partial charge on any atom is -0.548 e. The average molecular weight is 461 g/mol. The fourth-order valence-electron chi connectivity index (χ4n) is 3.62. The number of carboxylic acids is 1. The number of ether oxygens (including phenoxy) is 1. The van der Waals surface area contributed by atoms with E-state index in [1.807, 2.05) is 0 Å². The standard InChI is InChI=1S/C16H17N5O6S2.Na/c1-16(13(14(23)24)20-11(22)7-12(20)29(16,25)26)8-28-15-17-18-19-21(15)9-3-5-10(27-2)6-4-9;/h3-6,12-13H,7-8H2,1-2H3,(H,23,24);/q;+1/p-1/t12-,13-,16-;/m0./s1. The van der Waals surface area contributed by atoms with Crippen molar-refractivity contribution in [2.45, 2.75) is 34.7 Å². The number of hydrogen-bond donors (Lipinski definition) is 0. The normalized spacial score (nSPS) is 26.5. The monoisotopic (exact) mass is 461 g/mol. The van der Waals surface area contributed by atoms with Crippen LogP contribution < -0.4 is 39.4 Å². The van der Waals surface area contributed by atoms with Crippen LogP contribution in [0.25, 0.3) is 5.69 Å². The average Bonchev–Trinajstić information content (AvgIpc) is 3.20. The molecule has 2 saturated heterocycles. The minimum absolute atomic E-state index is 0. The first kappa shape index (κ1) is 23.0. The molecule has 30 heavy (non-hydrogen) atoms. The predicted octanol–water partition coefficient (Wildman–Crippen LogP) is -4.37. The Labute approximate surface area is 198 Å². The Morgan fingerprint density at radius 3 is 2.60 bits per heavy atom. The number of aromatic nitrogens is 4. The maximum absolute atomic E-state index is 13.0. The fraction of sp³-hybridized carbons (Fsp3) is 0.438. The zero-order valence-electron chi connectivity index (χ0n) is 16.4. The second-order valence-electron chi connectivity index (χ2n) is 6.90. The van der Waals surface area contributed by atoms with Gasteiger partial charge in [-0.05, 0) is 41.6 Å². The summed E-state index contributed by atoms with van der Waals surface area (Å²) in [7, 11) is -2.39. The summed E-state index contributed by atoms with van der Waals surface area (Å²) in [5.74, 6) is -1.62. The molecule has 154 valence electrons. The number of carbonyl (C=O) groups is 2. The van der Waals surface area contributed by atoms with Gasteiger partial charge in [0.25, 0.3) is 0 Å². The fourth-order valence-corrected chi connectivity index (χ4v) is 7.43. The molecule has 1 aromatic heterocycles. The molecule has 1 aromatic carbocycles. The van der Waals surface area contributed by atoms with E-state index >= 15 is 0 Å². The third kappa shape index (κ3) is 3.32. The summed E-state index contributed by atoms with van der Waals surface area (Å²) in [5.41, 5.74) is 0.619. The molecule has 0 bridgehead atoms. The third-order valence-electron chi connectivity index (χ3n) is 5.28. The number of rotatable bonds is 6. The number of β-lactam (4-membered cyclic amide) rings is 1. The Balaban J connectivity index is 0.00000256. The van der Waals surface area contributed by atoms with Crippen LogP contribution in [0.5, 0.6) is 5.75 Å². The second kappa shape index (κ2) is 8.11. The summed E-state index contributed by atoms with van der Waals surface area (Å²) in [6, 6.07) is 5.33. The largest absolute Gasteiger partial charge is 1.00 e.